The van der Waals surface area contributed by atoms with E-state index >= 15 is 0 Å². The number of carbonyl (C=O) groups excluding carboxylic acids is 1. The van der Waals surface area contributed by atoms with Crippen molar-refractivity contribution < 1.29 is 9.18 Å². The lowest BCUT2D eigenvalue weighted by Crippen LogP contribution is -2.42. The zero-order valence-electron chi connectivity index (χ0n) is 11.0. The molecule has 2 N–H and O–H groups in total. The number of H-pyrrole nitrogens is 1. The number of urea groups is 1. The summed E-state index contributed by atoms with van der Waals surface area (Å²) in [6.07, 6.45) is 2.76. The first-order valence-corrected chi connectivity index (χ1v) is 6.65. The Morgan fingerprint density at radius 3 is 2.90 bits per heavy atom. The third-order valence-corrected chi connectivity index (χ3v) is 3.57. The summed E-state index contributed by atoms with van der Waals surface area (Å²) in [5.74, 6) is -0.268. The molecule has 1 aliphatic rings. The highest BCUT2D eigenvalue weighted by atomic mass is 19.1. The Morgan fingerprint density at radius 2 is 2.10 bits per heavy atom. The molecular formula is C15H16FN3O. The number of benzene rings is 1. The van der Waals surface area contributed by atoms with Crippen LogP contribution in [0.15, 0.2) is 36.5 Å². The van der Waals surface area contributed by atoms with E-state index < -0.39 is 0 Å². The van der Waals surface area contributed by atoms with Gasteiger partial charge in [0.05, 0.1) is 0 Å². The van der Waals surface area contributed by atoms with Gasteiger partial charge in [0.2, 0.25) is 0 Å². The average Bonchev–Trinajstić information content (AvgIpc) is 2.93. The molecule has 2 amide bonds. The number of amides is 2. The highest BCUT2D eigenvalue weighted by Crippen LogP contribution is 2.17. The summed E-state index contributed by atoms with van der Waals surface area (Å²) in [6.45, 7) is 1.76. The summed E-state index contributed by atoms with van der Waals surface area (Å²) < 4.78 is 12.8. The molecule has 1 aromatic carbocycles. The van der Waals surface area contributed by atoms with Crippen LogP contribution in [-0.2, 0) is 19.5 Å². The molecular weight excluding hydrogens is 257 g/mol. The van der Waals surface area contributed by atoms with Crippen molar-refractivity contribution in [3.63, 3.8) is 0 Å². The van der Waals surface area contributed by atoms with E-state index in [1.165, 1.54) is 23.4 Å². The standard InChI is InChI=1S/C15H16FN3O/c16-13-3-1-11(2-4-13)9-18-15(20)19-8-6-14-12(10-19)5-7-17-14/h1-5,7,17H,6,8-10H2,(H,18,20). The number of carbonyl (C=O) groups is 1. The molecule has 1 aromatic heterocycles. The van der Waals surface area contributed by atoms with Gasteiger partial charge in [0, 0.05) is 37.9 Å². The van der Waals surface area contributed by atoms with Crippen LogP contribution in [0, 0.1) is 5.82 Å². The van der Waals surface area contributed by atoms with E-state index in [1.54, 1.807) is 17.0 Å². The minimum atomic E-state index is -0.268. The molecule has 2 aromatic rings. The van der Waals surface area contributed by atoms with E-state index in [-0.39, 0.29) is 11.8 Å². The van der Waals surface area contributed by atoms with E-state index in [9.17, 15) is 9.18 Å². The summed E-state index contributed by atoms with van der Waals surface area (Å²) in [5, 5.41) is 2.87. The van der Waals surface area contributed by atoms with Gasteiger partial charge in [-0.1, -0.05) is 12.1 Å². The molecule has 5 heteroatoms. The minimum Gasteiger partial charge on any atom is -0.365 e. The van der Waals surface area contributed by atoms with Crippen LogP contribution in [0.4, 0.5) is 9.18 Å². The van der Waals surface area contributed by atoms with Gasteiger partial charge in [0.15, 0.2) is 0 Å². The zero-order valence-corrected chi connectivity index (χ0v) is 11.0. The van der Waals surface area contributed by atoms with Crippen molar-refractivity contribution in [1.82, 2.24) is 15.2 Å². The Morgan fingerprint density at radius 1 is 1.30 bits per heavy atom. The fourth-order valence-corrected chi connectivity index (χ4v) is 2.41. The number of fused-ring (bicyclic) bond motifs is 1. The molecule has 104 valence electrons. The van der Waals surface area contributed by atoms with Crippen molar-refractivity contribution in [2.24, 2.45) is 0 Å². The van der Waals surface area contributed by atoms with Crippen molar-refractivity contribution >= 4 is 6.03 Å². The van der Waals surface area contributed by atoms with Gasteiger partial charge in [-0.25, -0.2) is 9.18 Å². The van der Waals surface area contributed by atoms with Crippen LogP contribution in [0.1, 0.15) is 16.8 Å². The fraction of sp³-hybridized carbons (Fsp3) is 0.267. The van der Waals surface area contributed by atoms with Crippen molar-refractivity contribution in [2.45, 2.75) is 19.5 Å². The van der Waals surface area contributed by atoms with Gasteiger partial charge < -0.3 is 15.2 Å². The maximum atomic E-state index is 12.8. The molecule has 0 atom stereocenters. The molecule has 0 saturated carbocycles. The predicted molar refractivity (Wildman–Crippen MR) is 73.5 cm³/mol. The normalized spacial score (nSPS) is 13.9. The second-order valence-corrected chi connectivity index (χ2v) is 4.94. The van der Waals surface area contributed by atoms with Gasteiger partial charge in [-0.3, -0.25) is 0 Å². The van der Waals surface area contributed by atoms with Crippen LogP contribution in [0.5, 0.6) is 0 Å². The number of nitrogens with one attached hydrogen (secondary N) is 2. The fourth-order valence-electron chi connectivity index (χ4n) is 2.41. The van der Waals surface area contributed by atoms with Crippen molar-refractivity contribution in [1.29, 1.82) is 0 Å². The number of rotatable bonds is 2. The molecule has 0 radical (unpaired) electrons. The van der Waals surface area contributed by atoms with Gasteiger partial charge in [-0.15, -0.1) is 0 Å². The second kappa shape index (κ2) is 5.36. The maximum absolute atomic E-state index is 12.8. The molecule has 1 aliphatic heterocycles. The highest BCUT2D eigenvalue weighted by molar-refractivity contribution is 5.74. The zero-order chi connectivity index (χ0) is 13.9. The van der Waals surface area contributed by atoms with Crippen molar-refractivity contribution in [3.8, 4) is 0 Å². The predicted octanol–water partition coefficient (Wildman–Crippen LogP) is 2.42. The van der Waals surface area contributed by atoms with E-state index in [1.807, 2.05) is 12.3 Å². The smallest absolute Gasteiger partial charge is 0.317 e. The largest absolute Gasteiger partial charge is 0.365 e. The summed E-state index contributed by atoms with van der Waals surface area (Å²) >= 11 is 0. The van der Waals surface area contributed by atoms with Gasteiger partial charge in [-0.05, 0) is 29.3 Å². The number of hydrogen-bond donors (Lipinski definition) is 2. The van der Waals surface area contributed by atoms with Crippen LogP contribution < -0.4 is 5.32 Å². The molecule has 3 rings (SSSR count). The highest BCUT2D eigenvalue weighted by Gasteiger charge is 2.20. The molecule has 4 nitrogen and oxygen atoms in total. The lowest BCUT2D eigenvalue weighted by molar-refractivity contribution is 0.192. The lowest BCUT2D eigenvalue weighted by Gasteiger charge is -2.27. The maximum Gasteiger partial charge on any atom is 0.317 e. The Hall–Kier alpha value is -2.30. The van der Waals surface area contributed by atoms with E-state index in [2.05, 4.69) is 10.3 Å². The lowest BCUT2D eigenvalue weighted by atomic mass is 10.1. The van der Waals surface area contributed by atoms with Crippen LogP contribution in [0.2, 0.25) is 0 Å². The number of aromatic nitrogens is 1. The van der Waals surface area contributed by atoms with E-state index in [4.69, 9.17) is 0 Å². The third-order valence-electron chi connectivity index (χ3n) is 3.57. The monoisotopic (exact) mass is 273 g/mol. The van der Waals surface area contributed by atoms with Gasteiger partial charge in [0.1, 0.15) is 5.82 Å². The van der Waals surface area contributed by atoms with Gasteiger partial charge in [0.25, 0.3) is 0 Å². The molecule has 0 saturated heterocycles. The Balaban J connectivity index is 1.56. The first-order valence-electron chi connectivity index (χ1n) is 6.65. The molecule has 0 spiro atoms. The Labute approximate surface area is 116 Å². The van der Waals surface area contributed by atoms with E-state index in [0.29, 0.717) is 19.6 Å². The summed E-state index contributed by atoms with van der Waals surface area (Å²) in [7, 11) is 0. The van der Waals surface area contributed by atoms with Crippen molar-refractivity contribution in [2.75, 3.05) is 6.54 Å². The molecule has 0 unspecified atom stereocenters. The summed E-state index contributed by atoms with van der Waals surface area (Å²) in [4.78, 5) is 17.1. The summed E-state index contributed by atoms with van der Waals surface area (Å²) in [6, 6.07) is 8.07. The van der Waals surface area contributed by atoms with Gasteiger partial charge in [-0.2, -0.15) is 0 Å². The topological polar surface area (TPSA) is 48.1 Å². The third kappa shape index (κ3) is 2.66. The van der Waals surface area contributed by atoms with E-state index in [0.717, 1.165) is 12.0 Å². The number of aromatic amines is 1. The quantitative estimate of drug-likeness (QED) is 0.867. The van der Waals surface area contributed by atoms with Crippen LogP contribution in [0.3, 0.4) is 0 Å². The van der Waals surface area contributed by atoms with Crippen LogP contribution in [-0.4, -0.2) is 22.5 Å². The van der Waals surface area contributed by atoms with Crippen molar-refractivity contribution in [3.05, 3.63) is 59.2 Å². The first kappa shape index (κ1) is 12.7. The minimum absolute atomic E-state index is 0.0822. The summed E-state index contributed by atoms with van der Waals surface area (Å²) in [5.41, 5.74) is 3.28. The average molecular weight is 273 g/mol. The van der Waals surface area contributed by atoms with Crippen LogP contribution >= 0.6 is 0 Å². The Kier molecular flexibility index (Phi) is 3.41. The number of halogens is 1. The van der Waals surface area contributed by atoms with Gasteiger partial charge >= 0.3 is 6.03 Å². The second-order valence-electron chi connectivity index (χ2n) is 4.94. The first-order chi connectivity index (χ1) is 9.72. The molecule has 0 aliphatic carbocycles. The molecule has 20 heavy (non-hydrogen) atoms. The Bertz CT molecular complexity index is 606. The van der Waals surface area contributed by atoms with Crippen LogP contribution in [0.25, 0.3) is 0 Å². The molecule has 2 heterocycles. The number of hydrogen-bond acceptors (Lipinski definition) is 1. The SMILES string of the molecule is O=C(NCc1ccc(F)cc1)N1CCc2[nH]ccc2C1. The number of nitrogens with zero attached hydrogens (tertiary/aromatic N) is 1. The molecule has 0 fully saturated rings. The molecule has 0 bridgehead atoms.